The van der Waals surface area contributed by atoms with Gasteiger partial charge in [0, 0.05) is 6.08 Å². The maximum atomic E-state index is 11.3. The molecule has 0 aliphatic carbocycles. The monoisotopic (exact) mass is 187 g/mol. The smallest absolute Gasteiger partial charge is 0.268 e. The van der Waals surface area contributed by atoms with Crippen molar-refractivity contribution in [3.63, 3.8) is 0 Å². The first kappa shape index (κ1) is 8.50. The molecule has 2 amide bonds. The Balaban J connectivity index is 2.43. The van der Waals surface area contributed by atoms with Crippen LogP contribution in [0.5, 0.6) is 0 Å². The molecule has 0 spiro atoms. The SMILES string of the molecule is O=C1C=C(c2ccccc2)C(=O)[N]N1. The minimum atomic E-state index is -0.421. The number of hydrogen-bond acceptors (Lipinski definition) is 2. The van der Waals surface area contributed by atoms with Crippen molar-refractivity contribution in [2.75, 3.05) is 0 Å². The third-order valence-electron chi connectivity index (χ3n) is 1.86. The molecule has 0 fully saturated rings. The van der Waals surface area contributed by atoms with Gasteiger partial charge in [-0.05, 0) is 5.56 Å². The van der Waals surface area contributed by atoms with E-state index in [1.54, 1.807) is 24.3 Å². The Kier molecular flexibility index (Phi) is 2.02. The van der Waals surface area contributed by atoms with Gasteiger partial charge in [0.05, 0.1) is 5.57 Å². The van der Waals surface area contributed by atoms with E-state index in [1.807, 2.05) is 6.07 Å². The van der Waals surface area contributed by atoms with Crippen LogP contribution in [-0.4, -0.2) is 11.8 Å². The molecule has 69 valence electrons. The molecule has 1 heterocycles. The minimum absolute atomic E-state index is 0.328. The molecule has 0 saturated heterocycles. The number of nitrogens with one attached hydrogen (secondary N) is 1. The molecule has 1 aromatic carbocycles. The van der Waals surface area contributed by atoms with Gasteiger partial charge >= 0.3 is 0 Å². The van der Waals surface area contributed by atoms with Crippen molar-refractivity contribution in [1.29, 1.82) is 0 Å². The van der Waals surface area contributed by atoms with E-state index in [9.17, 15) is 9.59 Å². The Morgan fingerprint density at radius 3 is 2.50 bits per heavy atom. The molecule has 0 saturated carbocycles. The number of hydrogen-bond donors (Lipinski definition) is 1. The Morgan fingerprint density at radius 1 is 1.07 bits per heavy atom. The van der Waals surface area contributed by atoms with E-state index in [0.717, 1.165) is 0 Å². The molecular weight excluding hydrogens is 180 g/mol. The fourth-order valence-corrected chi connectivity index (χ4v) is 1.22. The van der Waals surface area contributed by atoms with Gasteiger partial charge in [0.25, 0.3) is 11.8 Å². The fraction of sp³-hybridized carbons (Fsp3) is 0. The number of benzene rings is 1. The van der Waals surface area contributed by atoms with Gasteiger partial charge in [-0.2, -0.15) is 0 Å². The van der Waals surface area contributed by atoms with Gasteiger partial charge in [-0.25, -0.2) is 5.43 Å². The molecule has 1 aliphatic heterocycles. The summed E-state index contributed by atoms with van der Waals surface area (Å²) < 4.78 is 0. The normalized spacial score (nSPS) is 15.6. The molecular formula is C10H7N2O2. The lowest BCUT2D eigenvalue weighted by Gasteiger charge is -2.11. The number of nitrogens with zero attached hydrogens (tertiary/aromatic N) is 1. The second kappa shape index (κ2) is 3.33. The van der Waals surface area contributed by atoms with E-state index in [0.29, 0.717) is 11.1 Å². The van der Waals surface area contributed by atoms with Gasteiger partial charge in [-0.15, -0.1) is 5.43 Å². The Bertz CT molecular complexity index is 409. The molecule has 0 aromatic heterocycles. The van der Waals surface area contributed by atoms with Crippen molar-refractivity contribution < 1.29 is 9.59 Å². The summed E-state index contributed by atoms with van der Waals surface area (Å²) in [6.45, 7) is 0. The van der Waals surface area contributed by atoms with E-state index in [2.05, 4.69) is 10.9 Å². The van der Waals surface area contributed by atoms with E-state index in [1.165, 1.54) is 6.08 Å². The van der Waals surface area contributed by atoms with Crippen molar-refractivity contribution >= 4 is 17.4 Å². The standard InChI is InChI=1S/C10H7N2O2/c13-9-6-8(10(14)12-11-9)7-4-2-1-3-5-7/h1-6H,(H,11,13). The van der Waals surface area contributed by atoms with Crippen molar-refractivity contribution in [3.8, 4) is 0 Å². The summed E-state index contributed by atoms with van der Waals surface area (Å²) in [6.07, 6.45) is 1.25. The van der Waals surface area contributed by atoms with Crippen LogP contribution in [0.15, 0.2) is 36.4 Å². The summed E-state index contributed by atoms with van der Waals surface area (Å²) in [5.41, 5.74) is 6.49. The zero-order chi connectivity index (χ0) is 9.97. The molecule has 2 rings (SSSR count). The van der Waals surface area contributed by atoms with Crippen molar-refractivity contribution in [2.24, 2.45) is 0 Å². The van der Waals surface area contributed by atoms with Crippen LogP contribution in [0, 0.1) is 0 Å². The third-order valence-corrected chi connectivity index (χ3v) is 1.86. The molecule has 0 atom stereocenters. The molecule has 14 heavy (non-hydrogen) atoms. The zero-order valence-corrected chi connectivity index (χ0v) is 7.23. The van der Waals surface area contributed by atoms with Crippen LogP contribution in [0.2, 0.25) is 0 Å². The summed E-state index contributed by atoms with van der Waals surface area (Å²) in [7, 11) is 0. The van der Waals surface area contributed by atoms with E-state index in [4.69, 9.17) is 0 Å². The van der Waals surface area contributed by atoms with Crippen molar-refractivity contribution in [3.05, 3.63) is 42.0 Å². The summed E-state index contributed by atoms with van der Waals surface area (Å²) in [4.78, 5) is 22.2. The van der Waals surface area contributed by atoms with Gasteiger partial charge < -0.3 is 0 Å². The first-order valence-electron chi connectivity index (χ1n) is 4.09. The summed E-state index contributed by atoms with van der Waals surface area (Å²) in [5.74, 6) is -0.792. The first-order valence-corrected chi connectivity index (χ1v) is 4.09. The summed E-state index contributed by atoms with van der Waals surface area (Å²) in [5, 5.41) is 0. The molecule has 1 radical (unpaired) electrons. The molecule has 4 heteroatoms. The topological polar surface area (TPSA) is 60.3 Å². The van der Waals surface area contributed by atoms with Crippen molar-refractivity contribution in [2.45, 2.75) is 0 Å². The summed E-state index contributed by atoms with van der Waals surface area (Å²) >= 11 is 0. The molecule has 0 bridgehead atoms. The lowest BCUT2D eigenvalue weighted by atomic mass is 10.0. The van der Waals surface area contributed by atoms with E-state index in [-0.39, 0.29) is 5.91 Å². The largest absolute Gasteiger partial charge is 0.294 e. The molecule has 1 N–H and O–H groups in total. The number of carbonyl (C=O) groups excluding carboxylic acids is 2. The zero-order valence-electron chi connectivity index (χ0n) is 7.23. The Labute approximate surface area is 80.6 Å². The molecule has 4 nitrogen and oxygen atoms in total. The lowest BCUT2D eigenvalue weighted by Crippen LogP contribution is -2.39. The second-order valence-electron chi connectivity index (χ2n) is 2.82. The lowest BCUT2D eigenvalue weighted by molar-refractivity contribution is -0.125. The molecule has 1 aromatic rings. The van der Waals surface area contributed by atoms with Crippen LogP contribution in [-0.2, 0) is 9.59 Å². The van der Waals surface area contributed by atoms with Crippen molar-refractivity contribution in [1.82, 2.24) is 10.9 Å². The maximum absolute atomic E-state index is 11.3. The Morgan fingerprint density at radius 2 is 1.79 bits per heavy atom. The highest BCUT2D eigenvalue weighted by atomic mass is 16.2. The van der Waals surface area contributed by atoms with Gasteiger partial charge in [-0.3, -0.25) is 9.59 Å². The predicted molar refractivity (Wildman–Crippen MR) is 49.7 cm³/mol. The predicted octanol–water partition coefficient (Wildman–Crippen LogP) is 0.246. The highest BCUT2D eigenvalue weighted by Gasteiger charge is 2.19. The van der Waals surface area contributed by atoms with Crippen LogP contribution in [0.1, 0.15) is 5.56 Å². The van der Waals surface area contributed by atoms with Gasteiger partial charge in [0.2, 0.25) is 0 Å². The number of amides is 2. The van der Waals surface area contributed by atoms with E-state index >= 15 is 0 Å². The van der Waals surface area contributed by atoms with Crippen LogP contribution in [0.3, 0.4) is 0 Å². The number of carbonyl (C=O) groups is 2. The van der Waals surface area contributed by atoms with Crippen LogP contribution >= 0.6 is 0 Å². The minimum Gasteiger partial charge on any atom is -0.268 e. The van der Waals surface area contributed by atoms with Gasteiger partial charge in [0.1, 0.15) is 0 Å². The molecule has 1 aliphatic rings. The average molecular weight is 187 g/mol. The van der Waals surface area contributed by atoms with Crippen LogP contribution < -0.4 is 10.9 Å². The third kappa shape index (κ3) is 1.50. The highest BCUT2D eigenvalue weighted by Crippen LogP contribution is 2.15. The van der Waals surface area contributed by atoms with Gasteiger partial charge in [0.15, 0.2) is 0 Å². The first-order chi connectivity index (χ1) is 6.77. The molecule has 0 unspecified atom stereocenters. The second-order valence-corrected chi connectivity index (χ2v) is 2.82. The quantitative estimate of drug-likeness (QED) is 0.684. The Hall–Kier alpha value is -2.10. The average Bonchev–Trinajstić information content (AvgIpc) is 2.23. The highest BCUT2D eigenvalue weighted by molar-refractivity contribution is 6.25. The number of rotatable bonds is 1. The van der Waals surface area contributed by atoms with Gasteiger partial charge in [-0.1, -0.05) is 30.3 Å². The van der Waals surface area contributed by atoms with Crippen LogP contribution in [0.4, 0.5) is 0 Å². The summed E-state index contributed by atoms with van der Waals surface area (Å²) in [6, 6.07) is 8.97. The maximum Gasteiger partial charge on any atom is 0.294 e. The fourth-order valence-electron chi connectivity index (χ4n) is 1.22. The van der Waals surface area contributed by atoms with E-state index < -0.39 is 5.91 Å². The van der Waals surface area contributed by atoms with Crippen LogP contribution in [0.25, 0.3) is 5.57 Å².